The summed E-state index contributed by atoms with van der Waals surface area (Å²) in [7, 11) is 0. The predicted molar refractivity (Wildman–Crippen MR) is 135 cm³/mol. The molecule has 0 N–H and O–H groups in total. The van der Waals surface area contributed by atoms with E-state index in [-0.39, 0.29) is 11.7 Å². The highest BCUT2D eigenvalue weighted by atomic mass is 16.1. The monoisotopic (exact) mass is 444 g/mol. The van der Waals surface area contributed by atoms with E-state index in [4.69, 9.17) is 0 Å². The minimum absolute atomic E-state index is 0.252. The summed E-state index contributed by atoms with van der Waals surface area (Å²) in [6.45, 7) is 4.57. The minimum Gasteiger partial charge on any atom is -0.299 e. The van der Waals surface area contributed by atoms with Crippen molar-refractivity contribution in [2.24, 2.45) is 35.5 Å². The molecule has 0 bridgehead atoms. The van der Waals surface area contributed by atoms with Crippen molar-refractivity contribution in [3.8, 4) is 0 Å². The summed E-state index contributed by atoms with van der Waals surface area (Å²) in [6.07, 6.45) is 24.8. The first kappa shape index (κ1) is 26.0. The van der Waals surface area contributed by atoms with Crippen molar-refractivity contribution in [1.29, 1.82) is 0 Å². The first-order valence-corrected chi connectivity index (χ1v) is 14.7. The molecule has 0 aliphatic heterocycles. The van der Waals surface area contributed by atoms with E-state index >= 15 is 0 Å². The quantitative estimate of drug-likeness (QED) is 0.223. The number of Topliss-reactive ketones (excluding diaryl/α,β-unsaturated/α-hetero) is 2. The van der Waals surface area contributed by atoms with Crippen LogP contribution in [0.4, 0.5) is 0 Å². The normalized spacial score (nSPS) is 33.9. The van der Waals surface area contributed by atoms with Gasteiger partial charge in [-0.2, -0.15) is 0 Å². The van der Waals surface area contributed by atoms with E-state index in [1.807, 2.05) is 0 Å². The van der Waals surface area contributed by atoms with Crippen LogP contribution < -0.4 is 0 Å². The molecule has 2 heteroatoms. The van der Waals surface area contributed by atoms with Crippen LogP contribution in [-0.2, 0) is 9.59 Å². The van der Waals surface area contributed by atoms with E-state index in [0.29, 0.717) is 30.5 Å². The van der Waals surface area contributed by atoms with E-state index in [2.05, 4.69) is 13.8 Å². The third-order valence-electron chi connectivity index (χ3n) is 9.48. The standard InChI is InChI=1S/C30H52O2/c1-3-5-6-7-8-10-24-15-20-28(29(31)21-24)30(32)22-25-13-18-27(19-14-25)26-16-11-23(9-4-2)12-17-26/h23-28H,3-22H2,1-2H3. The summed E-state index contributed by atoms with van der Waals surface area (Å²) in [4.78, 5) is 25.7. The molecule has 0 heterocycles. The topological polar surface area (TPSA) is 34.1 Å². The largest absolute Gasteiger partial charge is 0.299 e. The number of carbonyl (C=O) groups excluding carboxylic acids is 2. The number of carbonyl (C=O) groups is 2. The number of hydrogen-bond acceptors (Lipinski definition) is 2. The van der Waals surface area contributed by atoms with E-state index in [0.717, 1.165) is 30.6 Å². The van der Waals surface area contributed by atoms with Gasteiger partial charge in [0, 0.05) is 12.8 Å². The first-order chi connectivity index (χ1) is 15.6. The number of hydrogen-bond donors (Lipinski definition) is 0. The third-order valence-corrected chi connectivity index (χ3v) is 9.48. The van der Waals surface area contributed by atoms with Gasteiger partial charge in [0.25, 0.3) is 0 Å². The first-order valence-electron chi connectivity index (χ1n) is 14.7. The van der Waals surface area contributed by atoms with Gasteiger partial charge in [0.2, 0.25) is 0 Å². The van der Waals surface area contributed by atoms with Gasteiger partial charge in [-0.25, -0.2) is 0 Å². The van der Waals surface area contributed by atoms with Crippen LogP contribution in [0.3, 0.4) is 0 Å². The van der Waals surface area contributed by atoms with E-state index in [9.17, 15) is 9.59 Å². The second-order valence-electron chi connectivity index (χ2n) is 11.9. The molecule has 0 aromatic heterocycles. The lowest BCUT2D eigenvalue weighted by Crippen LogP contribution is -2.33. The van der Waals surface area contributed by atoms with Crippen molar-refractivity contribution in [2.75, 3.05) is 0 Å². The lowest BCUT2D eigenvalue weighted by Gasteiger charge is -2.38. The second kappa shape index (κ2) is 13.9. The van der Waals surface area contributed by atoms with Gasteiger partial charge in [-0.3, -0.25) is 9.59 Å². The molecule has 3 aliphatic rings. The van der Waals surface area contributed by atoms with Gasteiger partial charge in [-0.1, -0.05) is 78.1 Å². The van der Waals surface area contributed by atoms with Gasteiger partial charge >= 0.3 is 0 Å². The van der Waals surface area contributed by atoms with Crippen LogP contribution >= 0.6 is 0 Å². The molecule has 2 nitrogen and oxygen atoms in total. The van der Waals surface area contributed by atoms with Crippen molar-refractivity contribution in [3.05, 3.63) is 0 Å². The summed E-state index contributed by atoms with van der Waals surface area (Å²) in [5.74, 6) is 4.29. The van der Waals surface area contributed by atoms with Crippen LogP contribution in [0, 0.1) is 35.5 Å². The number of rotatable bonds is 12. The molecule has 3 saturated carbocycles. The Labute approximate surface area is 199 Å². The molecule has 3 fully saturated rings. The second-order valence-corrected chi connectivity index (χ2v) is 11.9. The molecular formula is C30H52O2. The Kier molecular flexibility index (Phi) is 11.3. The SMILES string of the molecule is CCCCCCCC1CCC(C(=O)CC2CCC(C3CCC(CCC)CC3)CC2)C(=O)C1. The highest BCUT2D eigenvalue weighted by Crippen LogP contribution is 2.43. The van der Waals surface area contributed by atoms with Crippen molar-refractivity contribution in [2.45, 2.75) is 142 Å². The van der Waals surface area contributed by atoms with E-state index in [1.165, 1.54) is 103 Å². The third kappa shape index (κ3) is 7.98. The fourth-order valence-electron chi connectivity index (χ4n) is 7.36. The van der Waals surface area contributed by atoms with Crippen molar-refractivity contribution >= 4 is 11.6 Å². The average molecular weight is 445 g/mol. The van der Waals surface area contributed by atoms with Crippen molar-refractivity contribution in [1.82, 2.24) is 0 Å². The van der Waals surface area contributed by atoms with Crippen molar-refractivity contribution < 1.29 is 9.59 Å². The fourth-order valence-corrected chi connectivity index (χ4v) is 7.36. The van der Waals surface area contributed by atoms with Gasteiger partial charge in [0.15, 0.2) is 0 Å². The zero-order valence-corrected chi connectivity index (χ0v) is 21.4. The Balaban J connectivity index is 1.32. The fraction of sp³-hybridized carbons (Fsp3) is 0.933. The zero-order valence-electron chi connectivity index (χ0n) is 21.4. The molecular weight excluding hydrogens is 392 g/mol. The summed E-state index contributed by atoms with van der Waals surface area (Å²) in [6, 6.07) is 0. The number of unbranched alkanes of at least 4 members (excludes halogenated alkanes) is 4. The summed E-state index contributed by atoms with van der Waals surface area (Å²) < 4.78 is 0. The van der Waals surface area contributed by atoms with Gasteiger partial charge in [-0.15, -0.1) is 0 Å². The average Bonchev–Trinajstić information content (AvgIpc) is 2.80. The maximum atomic E-state index is 13.0. The molecule has 0 aromatic rings. The van der Waals surface area contributed by atoms with Crippen LogP contribution in [0.5, 0.6) is 0 Å². The molecule has 0 radical (unpaired) electrons. The van der Waals surface area contributed by atoms with Crippen LogP contribution in [0.2, 0.25) is 0 Å². The van der Waals surface area contributed by atoms with Crippen molar-refractivity contribution in [3.63, 3.8) is 0 Å². The lowest BCUT2D eigenvalue weighted by atomic mass is 9.67. The van der Waals surface area contributed by atoms with Gasteiger partial charge in [-0.05, 0) is 81.0 Å². The predicted octanol–water partition coefficient (Wildman–Crippen LogP) is 8.70. The molecule has 2 atom stereocenters. The molecule has 32 heavy (non-hydrogen) atoms. The van der Waals surface area contributed by atoms with Crippen LogP contribution in [0.1, 0.15) is 142 Å². The molecule has 0 saturated heterocycles. The summed E-state index contributed by atoms with van der Waals surface area (Å²) in [5.41, 5.74) is 0. The maximum absolute atomic E-state index is 13.0. The Morgan fingerprint density at radius 2 is 1.25 bits per heavy atom. The van der Waals surface area contributed by atoms with Crippen LogP contribution in [-0.4, -0.2) is 11.6 Å². The van der Waals surface area contributed by atoms with E-state index in [1.54, 1.807) is 0 Å². The highest BCUT2D eigenvalue weighted by Gasteiger charge is 2.36. The summed E-state index contributed by atoms with van der Waals surface area (Å²) in [5, 5.41) is 0. The molecule has 0 spiro atoms. The molecule has 0 amide bonds. The van der Waals surface area contributed by atoms with Gasteiger partial charge in [0.1, 0.15) is 11.6 Å². The molecule has 0 aromatic carbocycles. The highest BCUT2D eigenvalue weighted by molar-refractivity contribution is 6.02. The molecule has 2 unspecified atom stereocenters. The Morgan fingerprint density at radius 3 is 1.84 bits per heavy atom. The maximum Gasteiger partial charge on any atom is 0.143 e. The molecule has 184 valence electrons. The van der Waals surface area contributed by atoms with Gasteiger partial charge in [0.05, 0.1) is 5.92 Å². The Hall–Kier alpha value is -0.660. The Bertz CT molecular complexity index is 551. The lowest BCUT2D eigenvalue weighted by molar-refractivity contribution is -0.136. The summed E-state index contributed by atoms with van der Waals surface area (Å²) >= 11 is 0. The smallest absolute Gasteiger partial charge is 0.143 e. The molecule has 3 rings (SSSR count). The minimum atomic E-state index is -0.252. The molecule has 3 aliphatic carbocycles. The Morgan fingerprint density at radius 1 is 0.656 bits per heavy atom. The van der Waals surface area contributed by atoms with E-state index < -0.39 is 0 Å². The zero-order chi connectivity index (χ0) is 22.8. The number of ketones is 2. The van der Waals surface area contributed by atoms with Crippen LogP contribution in [0.15, 0.2) is 0 Å². The van der Waals surface area contributed by atoms with Crippen LogP contribution in [0.25, 0.3) is 0 Å². The van der Waals surface area contributed by atoms with Gasteiger partial charge < -0.3 is 0 Å².